The van der Waals surface area contributed by atoms with Gasteiger partial charge in [-0.15, -0.1) is 0 Å². The molecule has 0 aromatic rings. The second-order valence-corrected chi connectivity index (χ2v) is 15.0. The van der Waals surface area contributed by atoms with E-state index in [-0.39, 0.29) is 9.79 Å². The summed E-state index contributed by atoms with van der Waals surface area (Å²) in [7, 11) is -1.75. The number of hydrogen-bond acceptors (Lipinski definition) is 2. The lowest BCUT2D eigenvalue weighted by atomic mass is 10.2. The molecule has 0 radical (unpaired) electrons. The minimum Gasteiger partial charge on any atom is -0.539 e. The number of allylic oxidation sites excluding steroid dienone is 3. The number of hydrogen-bond donors (Lipinski definition) is 0. The van der Waals surface area contributed by atoms with Crippen molar-refractivity contribution in [2.45, 2.75) is 91.1 Å². The van der Waals surface area contributed by atoms with Crippen molar-refractivity contribution in [3.05, 3.63) is 22.8 Å². The number of rotatable bonds is 6. The summed E-state index contributed by atoms with van der Waals surface area (Å²) in [4.78, 5) is 0. The number of thioether (sulfide) groups is 1. The van der Waals surface area contributed by atoms with Crippen LogP contribution in [0.3, 0.4) is 0 Å². The van der Waals surface area contributed by atoms with Crippen molar-refractivity contribution < 1.29 is 4.43 Å². The van der Waals surface area contributed by atoms with E-state index in [0.717, 1.165) is 17.9 Å². The van der Waals surface area contributed by atoms with Crippen LogP contribution < -0.4 is 0 Å². The molecule has 0 aliphatic rings. The van der Waals surface area contributed by atoms with Crippen LogP contribution in [0.25, 0.3) is 0 Å². The van der Waals surface area contributed by atoms with Crippen LogP contribution in [0, 0.1) is 0 Å². The standard InChI is InChI=1S/C18H36OSSi/c1-15(2)13-11-12-14-16(20-17(3,4)5)19-21(9,10)18(6,7)8/h13-14H,11-12H2,1-10H3/b16-14+. The molecule has 0 fully saturated rings. The first-order valence-corrected chi connectivity index (χ1v) is 11.7. The van der Waals surface area contributed by atoms with Crippen LogP contribution in [0.5, 0.6) is 0 Å². The van der Waals surface area contributed by atoms with Gasteiger partial charge >= 0.3 is 0 Å². The van der Waals surface area contributed by atoms with Crippen molar-refractivity contribution in [3.8, 4) is 0 Å². The smallest absolute Gasteiger partial charge is 0.251 e. The summed E-state index contributed by atoms with van der Waals surface area (Å²) in [5, 5.41) is 1.36. The predicted molar refractivity (Wildman–Crippen MR) is 102 cm³/mol. The molecule has 0 saturated heterocycles. The topological polar surface area (TPSA) is 9.23 Å². The van der Waals surface area contributed by atoms with Gasteiger partial charge < -0.3 is 4.43 Å². The predicted octanol–water partition coefficient (Wildman–Crippen LogP) is 7.13. The molecule has 0 rings (SSSR count). The molecular formula is C18H36OSSi. The summed E-state index contributed by atoms with van der Waals surface area (Å²) in [6.07, 6.45) is 6.73. The summed E-state index contributed by atoms with van der Waals surface area (Å²) in [5.74, 6) is 0. The minimum atomic E-state index is -1.75. The lowest BCUT2D eigenvalue weighted by molar-refractivity contribution is 0.414. The zero-order valence-electron chi connectivity index (χ0n) is 15.9. The summed E-state index contributed by atoms with van der Waals surface area (Å²) < 4.78 is 6.71. The van der Waals surface area contributed by atoms with E-state index in [0.29, 0.717) is 0 Å². The molecule has 0 spiro atoms. The Morgan fingerprint density at radius 1 is 0.952 bits per heavy atom. The molecule has 0 aromatic carbocycles. The van der Waals surface area contributed by atoms with Gasteiger partial charge in [0.05, 0.1) is 0 Å². The summed E-state index contributed by atoms with van der Waals surface area (Å²) in [6.45, 7) is 22.6. The average Bonchev–Trinajstić information content (AvgIpc) is 2.19. The first-order valence-electron chi connectivity index (χ1n) is 7.96. The van der Waals surface area contributed by atoms with Crippen molar-refractivity contribution in [2.75, 3.05) is 0 Å². The summed E-state index contributed by atoms with van der Waals surface area (Å²) >= 11 is 1.86. The molecule has 0 heterocycles. The maximum absolute atomic E-state index is 6.53. The minimum absolute atomic E-state index is 0.185. The van der Waals surface area contributed by atoms with Gasteiger partial charge in [0.25, 0.3) is 8.32 Å². The molecule has 124 valence electrons. The van der Waals surface area contributed by atoms with Gasteiger partial charge in [-0.1, -0.05) is 65.0 Å². The van der Waals surface area contributed by atoms with E-state index >= 15 is 0 Å². The third-order valence-electron chi connectivity index (χ3n) is 3.60. The highest BCUT2D eigenvalue weighted by atomic mass is 32.2. The Balaban J connectivity index is 4.99. The van der Waals surface area contributed by atoms with Gasteiger partial charge in [0.2, 0.25) is 0 Å². The second kappa shape index (κ2) is 7.91. The lowest BCUT2D eigenvalue weighted by Gasteiger charge is -2.38. The number of unbranched alkanes of at least 4 members (excludes halogenated alkanes) is 1. The molecule has 0 N–H and O–H groups in total. The Morgan fingerprint density at radius 2 is 1.43 bits per heavy atom. The van der Waals surface area contributed by atoms with Gasteiger partial charge in [0, 0.05) is 4.75 Å². The van der Waals surface area contributed by atoms with Gasteiger partial charge in [0.1, 0.15) is 5.09 Å². The van der Waals surface area contributed by atoms with Crippen molar-refractivity contribution in [3.63, 3.8) is 0 Å². The fourth-order valence-corrected chi connectivity index (χ4v) is 3.87. The second-order valence-electron chi connectivity index (χ2n) is 8.46. The van der Waals surface area contributed by atoms with Gasteiger partial charge in [-0.25, -0.2) is 0 Å². The molecule has 0 saturated carbocycles. The highest BCUT2D eigenvalue weighted by Gasteiger charge is 2.39. The molecule has 0 aromatic heterocycles. The Kier molecular flexibility index (Phi) is 7.86. The zero-order valence-corrected chi connectivity index (χ0v) is 17.7. The van der Waals surface area contributed by atoms with Crippen LogP contribution >= 0.6 is 11.8 Å². The Hall–Kier alpha value is -0.153. The van der Waals surface area contributed by atoms with Crippen molar-refractivity contribution in [1.29, 1.82) is 0 Å². The molecule has 0 bridgehead atoms. The first kappa shape index (κ1) is 20.8. The maximum Gasteiger partial charge on any atom is 0.251 e. The summed E-state index contributed by atoms with van der Waals surface area (Å²) in [6, 6.07) is 0. The fraction of sp³-hybridized carbons (Fsp3) is 0.778. The van der Waals surface area contributed by atoms with Gasteiger partial charge in [0.15, 0.2) is 0 Å². The van der Waals surface area contributed by atoms with Gasteiger partial charge in [-0.2, -0.15) is 0 Å². The van der Waals surface area contributed by atoms with Gasteiger partial charge in [-0.3, -0.25) is 0 Å². The molecule has 1 nitrogen and oxygen atoms in total. The van der Waals surface area contributed by atoms with E-state index in [1.54, 1.807) is 0 Å². The molecule has 0 amide bonds. The molecule has 21 heavy (non-hydrogen) atoms. The highest BCUT2D eigenvalue weighted by Crippen LogP contribution is 2.42. The van der Waals surface area contributed by atoms with E-state index < -0.39 is 8.32 Å². The molecule has 0 atom stereocenters. The molecule has 0 unspecified atom stereocenters. The molecular weight excluding hydrogens is 292 g/mol. The Labute approximate surface area is 138 Å². The third-order valence-corrected chi connectivity index (χ3v) is 9.15. The van der Waals surface area contributed by atoms with Crippen LogP contribution in [0.15, 0.2) is 22.8 Å². The zero-order chi connectivity index (χ0) is 16.9. The van der Waals surface area contributed by atoms with Crippen molar-refractivity contribution >= 4 is 20.1 Å². The largest absolute Gasteiger partial charge is 0.539 e. The quantitative estimate of drug-likeness (QED) is 0.222. The van der Waals surface area contributed by atoms with E-state index in [9.17, 15) is 0 Å². The van der Waals surface area contributed by atoms with Crippen LogP contribution in [-0.2, 0) is 4.43 Å². The van der Waals surface area contributed by atoms with E-state index in [4.69, 9.17) is 4.43 Å². The van der Waals surface area contributed by atoms with Gasteiger partial charge in [-0.05, 0) is 50.9 Å². The first-order chi connectivity index (χ1) is 9.24. The molecule has 3 heteroatoms. The SMILES string of the molecule is CC(C)=CCC/C=C(\O[Si](C)(C)C(C)(C)C)SC(C)(C)C. The summed E-state index contributed by atoms with van der Waals surface area (Å²) in [5.41, 5.74) is 1.39. The normalized spacial score (nSPS) is 14.1. The van der Waals surface area contributed by atoms with E-state index in [2.05, 4.69) is 80.6 Å². The lowest BCUT2D eigenvalue weighted by Crippen LogP contribution is -2.40. The third kappa shape index (κ3) is 9.46. The Morgan fingerprint density at radius 3 is 1.81 bits per heavy atom. The average molecular weight is 329 g/mol. The van der Waals surface area contributed by atoms with Crippen LogP contribution in [-0.4, -0.2) is 13.1 Å². The fourth-order valence-electron chi connectivity index (χ4n) is 1.38. The highest BCUT2D eigenvalue weighted by molar-refractivity contribution is 8.04. The van der Waals surface area contributed by atoms with E-state index in [1.807, 2.05) is 11.8 Å². The van der Waals surface area contributed by atoms with Crippen molar-refractivity contribution in [2.24, 2.45) is 0 Å². The van der Waals surface area contributed by atoms with Crippen molar-refractivity contribution in [1.82, 2.24) is 0 Å². The van der Waals surface area contributed by atoms with Crippen LogP contribution in [0.2, 0.25) is 18.1 Å². The monoisotopic (exact) mass is 328 g/mol. The Bertz CT molecular complexity index is 377. The van der Waals surface area contributed by atoms with E-state index in [1.165, 1.54) is 5.57 Å². The van der Waals surface area contributed by atoms with Crippen LogP contribution in [0.4, 0.5) is 0 Å². The van der Waals surface area contributed by atoms with Crippen LogP contribution in [0.1, 0.15) is 68.2 Å². The maximum atomic E-state index is 6.53. The molecule has 0 aliphatic carbocycles. The molecule has 0 aliphatic heterocycles.